The first-order valence-corrected chi connectivity index (χ1v) is 11.9. The van der Waals surface area contributed by atoms with Crippen molar-refractivity contribution in [2.45, 2.75) is 36.6 Å². The van der Waals surface area contributed by atoms with Crippen LogP contribution >= 0.6 is 15.9 Å². The van der Waals surface area contributed by atoms with Crippen LogP contribution in [0.1, 0.15) is 24.8 Å². The van der Waals surface area contributed by atoms with E-state index in [2.05, 4.69) is 49.8 Å². The van der Waals surface area contributed by atoms with Gasteiger partial charge < -0.3 is 9.64 Å². The average molecular weight is 467 g/mol. The van der Waals surface area contributed by atoms with Crippen LogP contribution in [-0.2, 0) is 16.4 Å². The number of hydrogen-bond acceptors (Lipinski definition) is 4. The molecule has 0 radical (unpaired) electrons. The Morgan fingerprint density at radius 3 is 2.54 bits per heavy atom. The Morgan fingerprint density at radius 2 is 1.86 bits per heavy atom. The van der Waals surface area contributed by atoms with Crippen LogP contribution < -0.4 is 9.46 Å². The Kier molecular flexibility index (Phi) is 7.51. The van der Waals surface area contributed by atoms with Gasteiger partial charge in [0, 0.05) is 10.5 Å². The third kappa shape index (κ3) is 5.80. The number of ether oxygens (including phenoxy) is 1. The molecule has 0 aliphatic carbocycles. The maximum atomic E-state index is 12.8. The van der Waals surface area contributed by atoms with Crippen LogP contribution in [0.3, 0.4) is 0 Å². The normalized spacial score (nSPS) is 16.2. The Bertz CT molecular complexity index is 866. The molecule has 1 N–H and O–H groups in total. The Hall–Kier alpha value is -1.41. The van der Waals surface area contributed by atoms with Crippen molar-refractivity contribution < 1.29 is 13.2 Å². The lowest BCUT2D eigenvalue weighted by molar-refractivity contribution is 0.205. The summed E-state index contributed by atoms with van der Waals surface area (Å²) in [7, 11) is -2.14. The molecule has 2 aromatic carbocycles. The minimum atomic E-state index is -3.62. The highest BCUT2D eigenvalue weighted by Crippen LogP contribution is 2.28. The van der Waals surface area contributed by atoms with Gasteiger partial charge in [0.15, 0.2) is 0 Å². The van der Waals surface area contributed by atoms with Gasteiger partial charge in [-0.05, 0) is 69.1 Å². The zero-order chi connectivity index (χ0) is 20.0. The van der Waals surface area contributed by atoms with E-state index in [0.717, 1.165) is 45.3 Å². The topological polar surface area (TPSA) is 58.6 Å². The van der Waals surface area contributed by atoms with Gasteiger partial charge in [-0.3, -0.25) is 0 Å². The minimum Gasteiger partial charge on any atom is -0.495 e. The second-order valence-electron chi connectivity index (χ2n) is 7.12. The molecule has 2 aromatic rings. The molecule has 0 atom stereocenters. The quantitative estimate of drug-likeness (QED) is 0.641. The molecule has 5 nitrogen and oxygen atoms in total. The van der Waals surface area contributed by atoms with Crippen molar-refractivity contribution >= 4 is 26.0 Å². The van der Waals surface area contributed by atoms with Crippen LogP contribution in [0.2, 0.25) is 0 Å². The Morgan fingerprint density at radius 1 is 1.14 bits per heavy atom. The zero-order valence-electron chi connectivity index (χ0n) is 16.1. The molecule has 28 heavy (non-hydrogen) atoms. The highest BCUT2D eigenvalue weighted by molar-refractivity contribution is 9.10. The third-order valence-corrected chi connectivity index (χ3v) is 7.14. The number of rotatable bonds is 8. The van der Waals surface area contributed by atoms with Crippen molar-refractivity contribution in [3.63, 3.8) is 0 Å². The molecule has 1 fully saturated rings. The van der Waals surface area contributed by atoms with Gasteiger partial charge in [0.25, 0.3) is 0 Å². The number of nitrogens with one attached hydrogen (secondary N) is 1. The summed E-state index contributed by atoms with van der Waals surface area (Å²) >= 11 is 3.34. The first-order chi connectivity index (χ1) is 13.5. The molecule has 152 valence electrons. The lowest BCUT2D eigenvalue weighted by Crippen LogP contribution is -2.44. The van der Waals surface area contributed by atoms with Gasteiger partial charge in [0.2, 0.25) is 10.0 Å². The first-order valence-electron chi connectivity index (χ1n) is 9.60. The van der Waals surface area contributed by atoms with E-state index in [4.69, 9.17) is 4.74 Å². The zero-order valence-corrected chi connectivity index (χ0v) is 18.5. The van der Waals surface area contributed by atoms with Crippen LogP contribution in [0.15, 0.2) is 57.9 Å². The number of benzene rings is 2. The summed E-state index contributed by atoms with van der Waals surface area (Å²) in [6.45, 7) is 2.88. The number of likely N-dealkylation sites (tertiary alicyclic amines) is 1. The minimum absolute atomic E-state index is 0.0425. The van der Waals surface area contributed by atoms with Crippen molar-refractivity contribution in [1.82, 2.24) is 9.62 Å². The molecule has 1 saturated heterocycles. The molecule has 0 aromatic heterocycles. The predicted molar refractivity (Wildman–Crippen MR) is 115 cm³/mol. The molecule has 0 saturated carbocycles. The fourth-order valence-electron chi connectivity index (χ4n) is 3.57. The molecule has 0 amide bonds. The molecular weight excluding hydrogens is 440 g/mol. The molecule has 1 heterocycles. The number of hydrogen-bond donors (Lipinski definition) is 1. The Labute approximate surface area is 176 Å². The average Bonchev–Trinajstić information content (AvgIpc) is 2.70. The van der Waals surface area contributed by atoms with Crippen LogP contribution in [0.5, 0.6) is 5.75 Å². The highest BCUT2D eigenvalue weighted by Gasteiger charge is 2.26. The Balaban J connectivity index is 1.49. The standard InChI is InChI=1S/C21H27BrN2O3S/c1-27-20-10-9-18(22)16-21(20)28(25,26)23-19-11-14-24(15-12-19)13-5-8-17-6-3-2-4-7-17/h2-4,6-7,9-10,16,19,23H,5,8,11-15H2,1H3. The SMILES string of the molecule is COc1ccc(Br)cc1S(=O)(=O)NC1CCN(CCCc2ccccc2)CC1. The van der Waals surface area contributed by atoms with E-state index in [0.29, 0.717) is 10.2 Å². The van der Waals surface area contributed by atoms with Crippen molar-refractivity contribution in [3.8, 4) is 5.75 Å². The van der Waals surface area contributed by atoms with Gasteiger partial charge in [-0.25, -0.2) is 13.1 Å². The highest BCUT2D eigenvalue weighted by atomic mass is 79.9. The molecule has 1 aliphatic rings. The van der Waals surface area contributed by atoms with Gasteiger partial charge in [-0.2, -0.15) is 0 Å². The molecule has 0 unspecified atom stereocenters. The van der Waals surface area contributed by atoms with E-state index < -0.39 is 10.0 Å². The van der Waals surface area contributed by atoms with Crippen molar-refractivity contribution in [3.05, 3.63) is 58.6 Å². The van der Waals surface area contributed by atoms with E-state index in [-0.39, 0.29) is 10.9 Å². The number of nitrogens with zero attached hydrogens (tertiary/aromatic N) is 1. The summed E-state index contributed by atoms with van der Waals surface area (Å²) in [4.78, 5) is 2.60. The van der Waals surface area contributed by atoms with Gasteiger partial charge in [0.1, 0.15) is 10.6 Å². The van der Waals surface area contributed by atoms with Crippen LogP contribution in [0.4, 0.5) is 0 Å². The monoisotopic (exact) mass is 466 g/mol. The molecule has 1 aliphatic heterocycles. The number of methoxy groups -OCH3 is 1. The molecule has 3 rings (SSSR count). The van der Waals surface area contributed by atoms with E-state index in [1.807, 2.05) is 6.07 Å². The number of sulfonamides is 1. The fraction of sp³-hybridized carbons (Fsp3) is 0.429. The molecule has 0 bridgehead atoms. The van der Waals surface area contributed by atoms with Crippen molar-refractivity contribution in [2.75, 3.05) is 26.7 Å². The summed E-state index contributed by atoms with van der Waals surface area (Å²) in [6, 6.07) is 15.5. The van der Waals surface area contributed by atoms with E-state index in [1.54, 1.807) is 18.2 Å². The smallest absolute Gasteiger partial charge is 0.244 e. The third-order valence-electron chi connectivity index (χ3n) is 5.11. The van der Waals surface area contributed by atoms with Gasteiger partial charge >= 0.3 is 0 Å². The number of halogens is 1. The summed E-state index contributed by atoms with van der Waals surface area (Å²) < 4.78 is 34.4. The van der Waals surface area contributed by atoms with Crippen molar-refractivity contribution in [1.29, 1.82) is 0 Å². The maximum absolute atomic E-state index is 12.8. The van der Waals surface area contributed by atoms with E-state index in [1.165, 1.54) is 12.7 Å². The first kappa shape index (κ1) is 21.3. The summed E-state index contributed by atoms with van der Waals surface area (Å²) in [5.74, 6) is 0.356. The van der Waals surface area contributed by atoms with Gasteiger partial charge in [-0.15, -0.1) is 0 Å². The van der Waals surface area contributed by atoms with E-state index in [9.17, 15) is 8.42 Å². The van der Waals surface area contributed by atoms with Crippen LogP contribution in [0, 0.1) is 0 Å². The lowest BCUT2D eigenvalue weighted by Gasteiger charge is -2.32. The lowest BCUT2D eigenvalue weighted by atomic mass is 10.1. The number of aryl methyl sites for hydroxylation is 1. The number of piperidine rings is 1. The van der Waals surface area contributed by atoms with Gasteiger partial charge in [-0.1, -0.05) is 46.3 Å². The van der Waals surface area contributed by atoms with Crippen LogP contribution in [0.25, 0.3) is 0 Å². The predicted octanol–water partition coefficient (Wildman–Crippen LogP) is 3.83. The van der Waals surface area contributed by atoms with Gasteiger partial charge in [0.05, 0.1) is 7.11 Å². The van der Waals surface area contributed by atoms with E-state index >= 15 is 0 Å². The van der Waals surface area contributed by atoms with Crippen LogP contribution in [-0.4, -0.2) is 46.1 Å². The largest absolute Gasteiger partial charge is 0.495 e. The fourth-order valence-corrected chi connectivity index (χ4v) is 5.58. The molecule has 0 spiro atoms. The summed E-state index contributed by atoms with van der Waals surface area (Å²) in [5.41, 5.74) is 1.37. The molecule has 7 heteroatoms. The van der Waals surface area contributed by atoms with Crippen molar-refractivity contribution in [2.24, 2.45) is 0 Å². The summed E-state index contributed by atoms with van der Waals surface area (Å²) in [6.07, 6.45) is 3.84. The summed E-state index contributed by atoms with van der Waals surface area (Å²) in [5, 5.41) is 0. The maximum Gasteiger partial charge on any atom is 0.244 e. The second kappa shape index (κ2) is 9.87. The molecular formula is C21H27BrN2O3S. The second-order valence-corrected chi connectivity index (χ2v) is 9.72.